The van der Waals surface area contributed by atoms with Crippen LogP contribution in [0.25, 0.3) is 0 Å². The van der Waals surface area contributed by atoms with Crippen LogP contribution in [-0.2, 0) is 4.79 Å². The number of amides is 1. The zero-order valence-electron chi connectivity index (χ0n) is 7.01. The molecule has 1 aromatic heterocycles. The van der Waals surface area contributed by atoms with Gasteiger partial charge in [0.05, 0.1) is 0 Å². The highest BCUT2D eigenvalue weighted by Crippen LogP contribution is 2.36. The first-order valence-corrected chi connectivity index (χ1v) is 5.12. The molecule has 0 aliphatic carbocycles. The maximum absolute atomic E-state index is 10.6. The first-order chi connectivity index (χ1) is 6.42. The Bertz CT molecular complexity index is 291. The second kappa shape index (κ2) is 3.79. The van der Waals surface area contributed by atoms with Gasteiger partial charge in [-0.3, -0.25) is 9.78 Å². The molecule has 4 heteroatoms. The Morgan fingerprint density at radius 2 is 2.31 bits per heavy atom. The minimum absolute atomic E-state index is 0.139. The van der Waals surface area contributed by atoms with E-state index in [0.29, 0.717) is 0 Å². The second-order valence-corrected chi connectivity index (χ2v) is 3.98. The van der Waals surface area contributed by atoms with E-state index in [4.69, 9.17) is 0 Å². The fraction of sp³-hybridized carbons (Fsp3) is 0.333. The van der Waals surface area contributed by atoms with Crippen LogP contribution >= 0.6 is 11.8 Å². The van der Waals surface area contributed by atoms with E-state index in [9.17, 15) is 4.79 Å². The van der Waals surface area contributed by atoms with Crippen molar-refractivity contribution in [2.24, 2.45) is 0 Å². The van der Waals surface area contributed by atoms with E-state index in [2.05, 4.69) is 4.98 Å². The van der Waals surface area contributed by atoms with Crippen molar-refractivity contribution in [1.29, 1.82) is 0 Å². The Labute approximate surface area is 81.1 Å². The van der Waals surface area contributed by atoms with Crippen molar-refractivity contribution in [1.82, 2.24) is 9.88 Å². The highest BCUT2D eigenvalue weighted by molar-refractivity contribution is 7.99. The normalized spacial score (nSPS) is 21.8. The highest BCUT2D eigenvalue weighted by Gasteiger charge is 2.25. The quantitative estimate of drug-likeness (QED) is 0.707. The Balaban J connectivity index is 2.21. The van der Waals surface area contributed by atoms with Crippen molar-refractivity contribution in [2.75, 3.05) is 12.3 Å². The summed E-state index contributed by atoms with van der Waals surface area (Å²) in [4.78, 5) is 16.2. The molecule has 2 rings (SSSR count). The smallest absolute Gasteiger partial charge is 0.313 e. The van der Waals surface area contributed by atoms with Gasteiger partial charge in [0.25, 0.3) is 0 Å². The molecule has 1 radical (unpaired) electrons. The Hall–Kier alpha value is -1.03. The lowest BCUT2D eigenvalue weighted by Crippen LogP contribution is -2.20. The number of carbonyl (C=O) groups excluding carboxylic acids is 1. The van der Waals surface area contributed by atoms with Crippen molar-refractivity contribution < 1.29 is 4.79 Å². The third-order valence-corrected chi connectivity index (χ3v) is 3.26. The van der Waals surface area contributed by atoms with Gasteiger partial charge in [-0.1, -0.05) is 0 Å². The van der Waals surface area contributed by atoms with Crippen LogP contribution in [0.5, 0.6) is 0 Å². The third-order valence-electron chi connectivity index (χ3n) is 2.00. The molecule has 1 fully saturated rings. The van der Waals surface area contributed by atoms with E-state index in [1.807, 2.05) is 18.5 Å². The molecular formula is C9H9N2OS. The standard InChI is InChI=1S/C9H9N2OS/c12-7-11-5-6-13-9(11)8-1-3-10-4-2-8/h1-4,9H,5-6H2. The first-order valence-electron chi connectivity index (χ1n) is 4.08. The molecule has 1 saturated heterocycles. The largest absolute Gasteiger partial charge is 0.317 e. The predicted molar refractivity (Wildman–Crippen MR) is 51.8 cm³/mol. The fourth-order valence-corrected chi connectivity index (χ4v) is 2.57. The van der Waals surface area contributed by atoms with Crippen LogP contribution < -0.4 is 0 Å². The summed E-state index contributed by atoms with van der Waals surface area (Å²) in [6.45, 7) is 0.793. The molecule has 1 amide bonds. The summed E-state index contributed by atoms with van der Waals surface area (Å²) in [5.74, 6) is 0.988. The van der Waals surface area contributed by atoms with E-state index in [1.54, 1.807) is 29.1 Å². The minimum Gasteiger partial charge on any atom is -0.317 e. The van der Waals surface area contributed by atoms with Crippen molar-refractivity contribution in [3.63, 3.8) is 0 Å². The van der Waals surface area contributed by atoms with Gasteiger partial charge in [-0.15, -0.1) is 11.8 Å². The van der Waals surface area contributed by atoms with Gasteiger partial charge in [0.15, 0.2) is 0 Å². The predicted octanol–water partition coefficient (Wildman–Crippen LogP) is 1.20. The molecule has 67 valence electrons. The molecule has 1 aliphatic rings. The monoisotopic (exact) mass is 193 g/mol. The molecule has 3 nitrogen and oxygen atoms in total. The highest BCUT2D eigenvalue weighted by atomic mass is 32.2. The average Bonchev–Trinajstić information content (AvgIpc) is 2.67. The van der Waals surface area contributed by atoms with Crippen LogP contribution in [0, 0.1) is 0 Å². The van der Waals surface area contributed by atoms with Gasteiger partial charge < -0.3 is 4.90 Å². The van der Waals surface area contributed by atoms with Crippen molar-refractivity contribution >= 4 is 18.2 Å². The number of hydrogen-bond acceptors (Lipinski definition) is 3. The molecule has 0 spiro atoms. The SMILES string of the molecule is O=[C]N1CCSC1c1ccncc1. The molecule has 0 bridgehead atoms. The van der Waals surface area contributed by atoms with Crippen molar-refractivity contribution in [3.05, 3.63) is 30.1 Å². The molecule has 0 saturated carbocycles. The van der Waals surface area contributed by atoms with Gasteiger partial charge in [0, 0.05) is 24.7 Å². The van der Waals surface area contributed by atoms with Crippen LogP contribution in [0.15, 0.2) is 24.5 Å². The number of thioether (sulfide) groups is 1. The number of hydrogen-bond donors (Lipinski definition) is 0. The zero-order chi connectivity index (χ0) is 9.10. The summed E-state index contributed by atoms with van der Waals surface area (Å²) >= 11 is 1.76. The number of nitrogens with zero attached hydrogens (tertiary/aromatic N) is 2. The van der Waals surface area contributed by atoms with Gasteiger partial charge in [0.1, 0.15) is 5.37 Å². The van der Waals surface area contributed by atoms with Gasteiger partial charge in [-0.05, 0) is 17.7 Å². The van der Waals surface area contributed by atoms with Gasteiger partial charge in [-0.25, -0.2) is 0 Å². The van der Waals surface area contributed by atoms with Crippen molar-refractivity contribution in [3.8, 4) is 0 Å². The molecule has 13 heavy (non-hydrogen) atoms. The lowest BCUT2D eigenvalue weighted by molar-refractivity contribution is 0.399. The lowest BCUT2D eigenvalue weighted by atomic mass is 10.2. The molecule has 2 heterocycles. The lowest BCUT2D eigenvalue weighted by Gasteiger charge is -2.17. The number of aromatic nitrogens is 1. The Morgan fingerprint density at radius 3 is 3.00 bits per heavy atom. The molecule has 1 aromatic rings. The summed E-state index contributed by atoms with van der Waals surface area (Å²) in [5.41, 5.74) is 1.13. The van der Waals surface area contributed by atoms with Crippen LogP contribution in [0.3, 0.4) is 0 Å². The first kappa shape index (κ1) is 8.56. The maximum Gasteiger partial charge on any atom is 0.313 e. The summed E-state index contributed by atoms with van der Waals surface area (Å²) in [5, 5.41) is 0.139. The van der Waals surface area contributed by atoms with E-state index >= 15 is 0 Å². The third kappa shape index (κ3) is 1.67. The number of pyridine rings is 1. The summed E-state index contributed by atoms with van der Waals surface area (Å²) in [7, 11) is 0. The Morgan fingerprint density at radius 1 is 1.54 bits per heavy atom. The van der Waals surface area contributed by atoms with Crippen LogP contribution in [0.4, 0.5) is 0 Å². The summed E-state index contributed by atoms with van der Waals surface area (Å²) in [6.07, 6.45) is 5.45. The topological polar surface area (TPSA) is 33.2 Å². The summed E-state index contributed by atoms with van der Waals surface area (Å²) < 4.78 is 0. The van der Waals surface area contributed by atoms with E-state index < -0.39 is 0 Å². The average molecular weight is 193 g/mol. The van der Waals surface area contributed by atoms with E-state index in [-0.39, 0.29) is 5.37 Å². The minimum atomic E-state index is 0.139. The molecule has 1 atom stereocenters. The molecular weight excluding hydrogens is 184 g/mol. The fourth-order valence-electron chi connectivity index (χ4n) is 1.37. The van der Waals surface area contributed by atoms with Gasteiger partial charge in [0.2, 0.25) is 0 Å². The summed E-state index contributed by atoms with van der Waals surface area (Å²) in [6, 6.07) is 3.88. The number of rotatable bonds is 2. The molecule has 0 aromatic carbocycles. The molecule has 1 aliphatic heterocycles. The second-order valence-electron chi connectivity index (χ2n) is 2.79. The van der Waals surface area contributed by atoms with E-state index in [1.165, 1.54) is 0 Å². The maximum atomic E-state index is 10.6. The van der Waals surface area contributed by atoms with Gasteiger partial charge in [-0.2, -0.15) is 0 Å². The molecule has 0 N–H and O–H groups in total. The van der Waals surface area contributed by atoms with Gasteiger partial charge >= 0.3 is 6.41 Å². The van der Waals surface area contributed by atoms with Crippen LogP contribution in [0.2, 0.25) is 0 Å². The van der Waals surface area contributed by atoms with E-state index in [0.717, 1.165) is 17.9 Å². The van der Waals surface area contributed by atoms with Crippen LogP contribution in [0.1, 0.15) is 10.9 Å². The van der Waals surface area contributed by atoms with Crippen molar-refractivity contribution in [2.45, 2.75) is 5.37 Å². The van der Waals surface area contributed by atoms with Crippen LogP contribution in [-0.4, -0.2) is 28.6 Å². The Kier molecular flexibility index (Phi) is 2.49. The zero-order valence-corrected chi connectivity index (χ0v) is 7.83. The molecule has 1 unspecified atom stereocenters.